The summed E-state index contributed by atoms with van der Waals surface area (Å²) in [6, 6.07) is 6.47. The van der Waals surface area contributed by atoms with Crippen molar-refractivity contribution in [2.45, 2.75) is 58.2 Å². The molecular weight excluding hydrogens is 359 g/mol. The zero-order valence-corrected chi connectivity index (χ0v) is 16.5. The number of nitrogens with zero attached hydrogens (tertiary/aromatic N) is 4. The lowest BCUT2D eigenvalue weighted by Gasteiger charge is -2.34. The monoisotopic (exact) mass is 386 g/mol. The molecule has 150 valence electrons. The van der Waals surface area contributed by atoms with Gasteiger partial charge in [0.25, 0.3) is 0 Å². The summed E-state index contributed by atoms with van der Waals surface area (Å²) in [7, 11) is 0. The minimum atomic E-state index is -0.261. The number of amides is 1. The lowest BCUT2D eigenvalue weighted by atomic mass is 10.0. The molecule has 0 N–H and O–H groups in total. The lowest BCUT2D eigenvalue weighted by Crippen LogP contribution is -2.45. The van der Waals surface area contributed by atoms with Crippen molar-refractivity contribution in [1.82, 2.24) is 19.9 Å². The van der Waals surface area contributed by atoms with Crippen molar-refractivity contribution in [1.29, 1.82) is 0 Å². The van der Waals surface area contributed by atoms with Crippen molar-refractivity contribution >= 4 is 5.91 Å². The average molecular weight is 386 g/mol. The van der Waals surface area contributed by atoms with Crippen LogP contribution in [0.2, 0.25) is 0 Å². The molecule has 0 spiro atoms. The van der Waals surface area contributed by atoms with E-state index in [4.69, 9.17) is 4.52 Å². The van der Waals surface area contributed by atoms with Crippen LogP contribution in [0.15, 0.2) is 28.8 Å². The smallest absolute Gasteiger partial charge is 0.229 e. The van der Waals surface area contributed by atoms with Crippen molar-refractivity contribution in [2.75, 3.05) is 13.1 Å². The van der Waals surface area contributed by atoms with Crippen molar-refractivity contribution in [3.63, 3.8) is 0 Å². The van der Waals surface area contributed by atoms with E-state index < -0.39 is 0 Å². The second-order valence-electron chi connectivity index (χ2n) is 8.27. The molecule has 1 amide bonds. The molecule has 4 rings (SSSR count). The Kier molecular flexibility index (Phi) is 5.44. The number of hydrogen-bond acceptors (Lipinski definition) is 5. The van der Waals surface area contributed by atoms with Crippen molar-refractivity contribution in [2.24, 2.45) is 5.92 Å². The van der Waals surface area contributed by atoms with Gasteiger partial charge in [0.1, 0.15) is 5.82 Å². The van der Waals surface area contributed by atoms with Gasteiger partial charge in [-0.15, -0.1) is 0 Å². The summed E-state index contributed by atoms with van der Waals surface area (Å²) in [5.41, 5.74) is 0.945. The molecule has 2 aliphatic rings. The SMILES string of the molecule is CC(C)[C@@H]1CN(Cc2noc(C3CC3)n2)CCC(=O)N1Cc1ccc(F)cc1. The molecule has 0 unspecified atom stereocenters. The second-order valence-corrected chi connectivity index (χ2v) is 8.27. The molecule has 0 radical (unpaired) electrons. The highest BCUT2D eigenvalue weighted by molar-refractivity contribution is 5.77. The van der Waals surface area contributed by atoms with Crippen LogP contribution in [-0.2, 0) is 17.9 Å². The molecule has 6 nitrogen and oxygen atoms in total. The molecule has 1 aromatic carbocycles. The van der Waals surface area contributed by atoms with Gasteiger partial charge in [0.2, 0.25) is 11.8 Å². The molecule has 2 heterocycles. The van der Waals surface area contributed by atoms with Gasteiger partial charge in [0.05, 0.1) is 6.54 Å². The number of halogens is 1. The summed E-state index contributed by atoms with van der Waals surface area (Å²) in [5, 5.41) is 4.12. The maximum atomic E-state index is 13.2. The molecule has 7 heteroatoms. The van der Waals surface area contributed by atoms with Gasteiger partial charge >= 0.3 is 0 Å². The van der Waals surface area contributed by atoms with Crippen LogP contribution >= 0.6 is 0 Å². The molecule has 1 atom stereocenters. The van der Waals surface area contributed by atoms with Crippen LogP contribution in [0.5, 0.6) is 0 Å². The predicted molar refractivity (Wildman–Crippen MR) is 102 cm³/mol. The van der Waals surface area contributed by atoms with E-state index in [1.165, 1.54) is 12.1 Å². The van der Waals surface area contributed by atoms with E-state index in [0.29, 0.717) is 43.7 Å². The zero-order chi connectivity index (χ0) is 19.7. The molecule has 28 heavy (non-hydrogen) atoms. The quantitative estimate of drug-likeness (QED) is 0.762. The third kappa shape index (κ3) is 4.41. The van der Waals surface area contributed by atoms with E-state index in [9.17, 15) is 9.18 Å². The average Bonchev–Trinajstić information content (AvgIpc) is 3.44. The summed E-state index contributed by atoms with van der Waals surface area (Å²) in [6.07, 6.45) is 2.72. The van der Waals surface area contributed by atoms with Crippen LogP contribution in [0.3, 0.4) is 0 Å². The first-order valence-electron chi connectivity index (χ1n) is 10.1. The Morgan fingerprint density at radius 2 is 1.96 bits per heavy atom. The molecule has 1 aliphatic heterocycles. The first-order chi connectivity index (χ1) is 13.5. The highest BCUT2D eigenvalue weighted by atomic mass is 19.1. The second kappa shape index (κ2) is 7.99. The highest BCUT2D eigenvalue weighted by Gasteiger charge is 2.33. The van der Waals surface area contributed by atoms with Crippen molar-refractivity contribution in [3.8, 4) is 0 Å². The Hall–Kier alpha value is -2.28. The molecular formula is C21H27FN4O2. The molecule has 1 aliphatic carbocycles. The van der Waals surface area contributed by atoms with Crippen LogP contribution in [0.4, 0.5) is 4.39 Å². The van der Waals surface area contributed by atoms with E-state index >= 15 is 0 Å². The molecule has 1 saturated heterocycles. The third-order valence-electron chi connectivity index (χ3n) is 5.62. The van der Waals surface area contributed by atoms with Crippen LogP contribution in [0, 0.1) is 11.7 Å². The predicted octanol–water partition coefficient (Wildman–Crippen LogP) is 3.35. The van der Waals surface area contributed by atoms with E-state index in [-0.39, 0.29) is 17.8 Å². The van der Waals surface area contributed by atoms with Crippen LogP contribution in [0.1, 0.15) is 56.3 Å². The number of aromatic nitrogens is 2. The molecule has 1 saturated carbocycles. The van der Waals surface area contributed by atoms with Gasteiger partial charge < -0.3 is 9.42 Å². The lowest BCUT2D eigenvalue weighted by molar-refractivity contribution is -0.134. The number of carbonyl (C=O) groups excluding carboxylic acids is 1. The van der Waals surface area contributed by atoms with E-state index in [1.807, 2.05) is 4.90 Å². The molecule has 1 aromatic heterocycles. The third-order valence-corrected chi connectivity index (χ3v) is 5.62. The summed E-state index contributed by atoms with van der Waals surface area (Å²) < 4.78 is 18.6. The highest BCUT2D eigenvalue weighted by Crippen LogP contribution is 2.38. The van der Waals surface area contributed by atoms with Crippen molar-refractivity contribution in [3.05, 3.63) is 47.4 Å². The standard InChI is InChI=1S/C21H27FN4O2/c1-14(2)18-12-25(13-19-23-21(28-24-19)16-5-6-16)10-9-20(27)26(18)11-15-3-7-17(22)8-4-15/h3-4,7-8,14,16,18H,5-6,9-13H2,1-2H3/t18-/m0/s1. The summed E-state index contributed by atoms with van der Waals surface area (Å²) >= 11 is 0. The fourth-order valence-corrected chi connectivity index (χ4v) is 3.77. The molecule has 0 bridgehead atoms. The summed E-state index contributed by atoms with van der Waals surface area (Å²) in [4.78, 5) is 21.6. The molecule has 2 aromatic rings. The topological polar surface area (TPSA) is 62.5 Å². The Bertz CT molecular complexity index is 816. The number of carbonyl (C=O) groups is 1. The first kappa shape index (κ1) is 19.1. The normalized spacial score (nSPS) is 21.4. The van der Waals surface area contributed by atoms with Crippen LogP contribution in [0.25, 0.3) is 0 Å². The molecule has 2 fully saturated rings. The fraction of sp³-hybridized carbons (Fsp3) is 0.571. The van der Waals surface area contributed by atoms with Gasteiger partial charge in [-0.3, -0.25) is 9.69 Å². The number of hydrogen-bond donors (Lipinski definition) is 0. The minimum Gasteiger partial charge on any atom is -0.339 e. The largest absolute Gasteiger partial charge is 0.339 e. The fourth-order valence-electron chi connectivity index (χ4n) is 3.77. The summed E-state index contributed by atoms with van der Waals surface area (Å²) in [6.45, 7) is 6.81. The van der Waals surface area contributed by atoms with Gasteiger partial charge in [0.15, 0.2) is 5.82 Å². The van der Waals surface area contributed by atoms with E-state index in [1.54, 1.807) is 12.1 Å². The Morgan fingerprint density at radius 1 is 1.21 bits per heavy atom. The number of rotatable bonds is 6. The van der Waals surface area contributed by atoms with Gasteiger partial charge in [-0.1, -0.05) is 31.1 Å². The maximum Gasteiger partial charge on any atom is 0.229 e. The zero-order valence-electron chi connectivity index (χ0n) is 16.5. The maximum absolute atomic E-state index is 13.2. The van der Waals surface area contributed by atoms with Gasteiger partial charge in [-0.05, 0) is 36.5 Å². The first-order valence-corrected chi connectivity index (χ1v) is 10.1. The van der Waals surface area contributed by atoms with Gasteiger partial charge in [0, 0.05) is 38.0 Å². The van der Waals surface area contributed by atoms with Crippen LogP contribution in [-0.4, -0.2) is 45.0 Å². The van der Waals surface area contributed by atoms with E-state index in [0.717, 1.165) is 30.8 Å². The van der Waals surface area contributed by atoms with E-state index in [2.05, 4.69) is 28.9 Å². The van der Waals surface area contributed by atoms with Gasteiger partial charge in [-0.2, -0.15) is 4.98 Å². The van der Waals surface area contributed by atoms with Crippen LogP contribution < -0.4 is 0 Å². The summed E-state index contributed by atoms with van der Waals surface area (Å²) in [5.74, 6) is 2.07. The minimum absolute atomic E-state index is 0.0786. The Balaban J connectivity index is 1.47. The Labute approximate surface area is 164 Å². The van der Waals surface area contributed by atoms with Crippen molar-refractivity contribution < 1.29 is 13.7 Å². The Morgan fingerprint density at radius 3 is 2.64 bits per heavy atom. The van der Waals surface area contributed by atoms with Gasteiger partial charge in [-0.25, -0.2) is 4.39 Å². The number of benzene rings is 1.